The van der Waals surface area contributed by atoms with Crippen LogP contribution < -0.4 is 5.32 Å². The Bertz CT molecular complexity index is 1100. The molecule has 1 amide bonds. The standard InChI is InChI=1S/C20H20Cl2N2O5S/c1-13-7-9-15(11-17(13)30(27,28)24(2)3)23-18(25)12-29-19(26)10-8-14-5-4-6-16(21)20(14)22/h4-11H,12H2,1-3H3,(H,23,25)/b10-8+. The monoisotopic (exact) mass is 470 g/mol. The molecule has 1 N–H and O–H groups in total. The van der Waals surface area contributed by atoms with Crippen LogP contribution in [0.15, 0.2) is 47.4 Å². The highest BCUT2D eigenvalue weighted by Crippen LogP contribution is 2.26. The zero-order valence-corrected chi connectivity index (χ0v) is 18.8. The predicted octanol–water partition coefficient (Wildman–Crippen LogP) is 3.75. The van der Waals surface area contributed by atoms with Crippen molar-refractivity contribution < 1.29 is 22.7 Å². The largest absolute Gasteiger partial charge is 0.452 e. The second kappa shape index (κ2) is 10.1. The van der Waals surface area contributed by atoms with Crippen LogP contribution in [0.2, 0.25) is 10.0 Å². The number of amides is 1. The van der Waals surface area contributed by atoms with Gasteiger partial charge in [0.15, 0.2) is 6.61 Å². The Morgan fingerprint density at radius 3 is 2.53 bits per heavy atom. The van der Waals surface area contributed by atoms with E-state index < -0.39 is 28.5 Å². The van der Waals surface area contributed by atoms with Crippen molar-refractivity contribution in [1.82, 2.24) is 4.31 Å². The lowest BCUT2D eigenvalue weighted by Gasteiger charge is -2.15. The molecule has 0 spiro atoms. The summed E-state index contributed by atoms with van der Waals surface area (Å²) in [4.78, 5) is 24.0. The molecule has 7 nitrogen and oxygen atoms in total. The van der Waals surface area contributed by atoms with Gasteiger partial charge in [0.1, 0.15) is 0 Å². The first-order valence-electron chi connectivity index (χ1n) is 8.64. The zero-order valence-electron chi connectivity index (χ0n) is 16.5. The molecule has 0 aliphatic carbocycles. The number of halogens is 2. The fourth-order valence-corrected chi connectivity index (χ4v) is 3.86. The van der Waals surface area contributed by atoms with E-state index >= 15 is 0 Å². The molecular formula is C20H20Cl2N2O5S. The molecular weight excluding hydrogens is 451 g/mol. The molecule has 2 aromatic carbocycles. The zero-order chi connectivity index (χ0) is 22.5. The summed E-state index contributed by atoms with van der Waals surface area (Å²) < 4.78 is 30.7. The molecule has 0 aliphatic rings. The molecule has 0 heterocycles. The normalized spacial score (nSPS) is 11.7. The maximum Gasteiger partial charge on any atom is 0.331 e. The molecule has 0 saturated heterocycles. The number of carbonyl (C=O) groups is 2. The lowest BCUT2D eigenvalue weighted by atomic mass is 10.2. The highest BCUT2D eigenvalue weighted by molar-refractivity contribution is 7.89. The van der Waals surface area contributed by atoms with E-state index in [-0.39, 0.29) is 10.6 Å². The number of nitrogens with zero attached hydrogens (tertiary/aromatic N) is 1. The van der Waals surface area contributed by atoms with Crippen LogP contribution in [0, 0.1) is 6.92 Å². The number of hydrogen-bond acceptors (Lipinski definition) is 5. The summed E-state index contributed by atoms with van der Waals surface area (Å²) in [5.41, 5.74) is 1.33. The average molecular weight is 471 g/mol. The second-order valence-corrected chi connectivity index (χ2v) is 9.31. The van der Waals surface area contributed by atoms with E-state index in [1.807, 2.05) is 0 Å². The van der Waals surface area contributed by atoms with Crippen LogP contribution in [0.4, 0.5) is 5.69 Å². The second-order valence-electron chi connectivity index (χ2n) is 6.40. The topological polar surface area (TPSA) is 92.8 Å². The maximum absolute atomic E-state index is 12.4. The number of aryl methyl sites for hydroxylation is 1. The third-order valence-electron chi connectivity index (χ3n) is 3.96. The van der Waals surface area contributed by atoms with Crippen LogP contribution in [0.25, 0.3) is 6.08 Å². The molecule has 0 aromatic heterocycles. The summed E-state index contributed by atoms with van der Waals surface area (Å²) in [5.74, 6) is -1.37. The molecule has 2 rings (SSSR count). The molecule has 0 saturated carbocycles. The first kappa shape index (κ1) is 23.9. The summed E-state index contributed by atoms with van der Waals surface area (Å²) in [6.45, 7) is 1.11. The van der Waals surface area contributed by atoms with Crippen LogP contribution >= 0.6 is 23.2 Å². The number of ether oxygens (including phenoxy) is 1. The maximum atomic E-state index is 12.4. The Kier molecular flexibility index (Phi) is 8.03. The van der Waals surface area contributed by atoms with Crippen molar-refractivity contribution in [3.63, 3.8) is 0 Å². The summed E-state index contributed by atoms with van der Waals surface area (Å²) in [6, 6.07) is 9.45. The molecule has 30 heavy (non-hydrogen) atoms. The highest BCUT2D eigenvalue weighted by Gasteiger charge is 2.20. The molecule has 0 radical (unpaired) electrons. The number of nitrogens with one attached hydrogen (secondary N) is 1. The Morgan fingerprint density at radius 2 is 1.87 bits per heavy atom. The van der Waals surface area contributed by atoms with E-state index in [2.05, 4.69) is 5.32 Å². The molecule has 0 bridgehead atoms. The van der Waals surface area contributed by atoms with E-state index in [9.17, 15) is 18.0 Å². The van der Waals surface area contributed by atoms with Crippen LogP contribution in [-0.2, 0) is 24.3 Å². The first-order chi connectivity index (χ1) is 14.0. The summed E-state index contributed by atoms with van der Waals surface area (Å²) >= 11 is 11.9. The molecule has 0 atom stereocenters. The van der Waals surface area contributed by atoms with Gasteiger partial charge in [-0.05, 0) is 42.3 Å². The van der Waals surface area contributed by atoms with Crippen molar-refractivity contribution in [3.05, 3.63) is 63.6 Å². The van der Waals surface area contributed by atoms with Crippen molar-refractivity contribution in [2.24, 2.45) is 0 Å². The Balaban J connectivity index is 1.99. The van der Waals surface area contributed by atoms with E-state index in [1.165, 1.54) is 26.2 Å². The molecule has 10 heteroatoms. The van der Waals surface area contributed by atoms with Gasteiger partial charge >= 0.3 is 5.97 Å². The fraction of sp³-hybridized carbons (Fsp3) is 0.200. The van der Waals surface area contributed by atoms with E-state index in [0.717, 1.165) is 10.4 Å². The SMILES string of the molecule is Cc1ccc(NC(=O)COC(=O)/C=C/c2cccc(Cl)c2Cl)cc1S(=O)(=O)N(C)C. The van der Waals surface area contributed by atoms with Gasteiger partial charge in [-0.15, -0.1) is 0 Å². The molecule has 0 unspecified atom stereocenters. The van der Waals surface area contributed by atoms with Gasteiger partial charge in [0, 0.05) is 25.9 Å². The Hall–Kier alpha value is -2.39. The lowest BCUT2D eigenvalue weighted by Crippen LogP contribution is -2.24. The molecule has 2 aromatic rings. The van der Waals surface area contributed by atoms with Gasteiger partial charge in [0.05, 0.1) is 14.9 Å². The summed E-state index contributed by atoms with van der Waals surface area (Å²) in [7, 11) is -0.824. The quantitative estimate of drug-likeness (QED) is 0.491. The van der Waals surface area contributed by atoms with Gasteiger partial charge < -0.3 is 10.1 Å². The van der Waals surface area contributed by atoms with Gasteiger partial charge in [-0.1, -0.05) is 41.4 Å². The third kappa shape index (κ3) is 6.06. The molecule has 160 valence electrons. The van der Waals surface area contributed by atoms with Crippen molar-refractivity contribution >= 4 is 56.9 Å². The minimum Gasteiger partial charge on any atom is -0.452 e. The van der Waals surface area contributed by atoms with Gasteiger partial charge in [0.25, 0.3) is 5.91 Å². The summed E-state index contributed by atoms with van der Waals surface area (Å²) in [5, 5.41) is 3.15. The van der Waals surface area contributed by atoms with Gasteiger partial charge in [0.2, 0.25) is 10.0 Å². The fourth-order valence-electron chi connectivity index (χ4n) is 2.34. The predicted molar refractivity (Wildman–Crippen MR) is 117 cm³/mol. The van der Waals surface area contributed by atoms with Gasteiger partial charge in [-0.3, -0.25) is 4.79 Å². The minimum absolute atomic E-state index is 0.0728. The van der Waals surface area contributed by atoms with Crippen molar-refractivity contribution in [2.45, 2.75) is 11.8 Å². The van der Waals surface area contributed by atoms with Crippen molar-refractivity contribution in [3.8, 4) is 0 Å². The number of hydrogen-bond donors (Lipinski definition) is 1. The number of benzene rings is 2. The Labute approximate surface area is 185 Å². The first-order valence-corrected chi connectivity index (χ1v) is 10.8. The number of rotatable bonds is 7. The van der Waals surface area contributed by atoms with Crippen LogP contribution in [-0.4, -0.2) is 45.3 Å². The van der Waals surface area contributed by atoms with Gasteiger partial charge in [-0.25, -0.2) is 17.5 Å². The average Bonchev–Trinajstić information content (AvgIpc) is 2.68. The minimum atomic E-state index is -3.66. The molecule has 0 fully saturated rings. The van der Waals surface area contributed by atoms with E-state index in [4.69, 9.17) is 27.9 Å². The van der Waals surface area contributed by atoms with Crippen molar-refractivity contribution in [1.29, 1.82) is 0 Å². The number of anilines is 1. The molecule has 0 aliphatic heterocycles. The number of carbonyl (C=O) groups excluding carboxylic acids is 2. The van der Waals surface area contributed by atoms with Gasteiger partial charge in [-0.2, -0.15) is 0 Å². The van der Waals surface area contributed by atoms with E-state index in [1.54, 1.807) is 37.3 Å². The van der Waals surface area contributed by atoms with Crippen molar-refractivity contribution in [2.75, 3.05) is 26.0 Å². The van der Waals surface area contributed by atoms with E-state index in [0.29, 0.717) is 21.2 Å². The van der Waals surface area contributed by atoms with Crippen LogP contribution in [0.5, 0.6) is 0 Å². The van der Waals surface area contributed by atoms with Crippen LogP contribution in [0.1, 0.15) is 11.1 Å². The smallest absolute Gasteiger partial charge is 0.331 e. The third-order valence-corrected chi connectivity index (χ3v) is 6.75. The number of esters is 1. The summed E-state index contributed by atoms with van der Waals surface area (Å²) in [6.07, 6.45) is 2.55. The number of sulfonamides is 1. The highest BCUT2D eigenvalue weighted by atomic mass is 35.5. The lowest BCUT2D eigenvalue weighted by molar-refractivity contribution is -0.142. The Morgan fingerprint density at radius 1 is 1.17 bits per heavy atom. The van der Waals surface area contributed by atoms with Crippen LogP contribution in [0.3, 0.4) is 0 Å².